The highest BCUT2D eigenvalue weighted by Gasteiger charge is 2.13. The first-order chi connectivity index (χ1) is 11.2. The van der Waals surface area contributed by atoms with Crippen molar-refractivity contribution < 1.29 is 9.53 Å². The van der Waals surface area contributed by atoms with Gasteiger partial charge in [0.25, 0.3) is 5.91 Å². The molecule has 0 aliphatic heterocycles. The first-order valence-corrected chi connectivity index (χ1v) is 7.31. The van der Waals surface area contributed by atoms with Crippen LogP contribution in [0, 0.1) is 0 Å². The molecule has 0 saturated heterocycles. The SMILES string of the molecule is COc1ccc(Cl)cc1NC(=O)c1cc(-c2ccccc2)n[nH]1. The maximum Gasteiger partial charge on any atom is 0.273 e. The molecule has 6 heteroatoms. The summed E-state index contributed by atoms with van der Waals surface area (Å²) in [6, 6.07) is 16.3. The van der Waals surface area contributed by atoms with E-state index in [0.717, 1.165) is 5.56 Å². The minimum Gasteiger partial charge on any atom is -0.495 e. The van der Waals surface area contributed by atoms with Crippen molar-refractivity contribution in [3.8, 4) is 17.0 Å². The molecule has 0 aliphatic carbocycles. The third-order valence-electron chi connectivity index (χ3n) is 3.30. The number of amides is 1. The molecule has 3 rings (SSSR count). The van der Waals surface area contributed by atoms with Crippen LogP contribution in [0.1, 0.15) is 10.5 Å². The molecule has 0 bridgehead atoms. The predicted molar refractivity (Wildman–Crippen MR) is 90.0 cm³/mol. The Hall–Kier alpha value is -2.79. The summed E-state index contributed by atoms with van der Waals surface area (Å²) in [6.45, 7) is 0. The smallest absolute Gasteiger partial charge is 0.273 e. The first-order valence-electron chi connectivity index (χ1n) is 6.93. The van der Waals surface area contributed by atoms with Crippen LogP contribution >= 0.6 is 11.6 Å². The zero-order chi connectivity index (χ0) is 16.2. The number of benzene rings is 2. The van der Waals surface area contributed by atoms with Crippen LogP contribution < -0.4 is 10.1 Å². The van der Waals surface area contributed by atoms with Crippen molar-refractivity contribution in [1.29, 1.82) is 0 Å². The standard InChI is InChI=1S/C17H14ClN3O2/c1-23-16-8-7-12(18)9-14(16)19-17(22)15-10-13(20-21-15)11-5-3-2-4-6-11/h2-10H,1H3,(H,19,22)(H,20,21). The Bertz CT molecular complexity index is 831. The quantitative estimate of drug-likeness (QED) is 0.761. The first kappa shape index (κ1) is 15.1. The molecule has 0 fully saturated rings. The number of aromatic nitrogens is 2. The highest BCUT2D eigenvalue weighted by Crippen LogP contribution is 2.28. The van der Waals surface area contributed by atoms with E-state index < -0.39 is 0 Å². The number of aromatic amines is 1. The van der Waals surface area contributed by atoms with Crippen LogP contribution in [0.2, 0.25) is 5.02 Å². The molecule has 3 aromatic rings. The van der Waals surface area contributed by atoms with E-state index >= 15 is 0 Å². The average molecular weight is 328 g/mol. The summed E-state index contributed by atoms with van der Waals surface area (Å²) in [5.74, 6) is 0.214. The second-order valence-corrected chi connectivity index (χ2v) is 5.27. The van der Waals surface area contributed by atoms with E-state index in [4.69, 9.17) is 16.3 Å². The molecule has 2 N–H and O–H groups in total. The highest BCUT2D eigenvalue weighted by molar-refractivity contribution is 6.31. The molecule has 0 unspecified atom stereocenters. The molecule has 0 spiro atoms. The number of methoxy groups -OCH3 is 1. The molecular formula is C17H14ClN3O2. The van der Waals surface area contributed by atoms with Crippen molar-refractivity contribution in [3.63, 3.8) is 0 Å². The number of anilines is 1. The number of halogens is 1. The third kappa shape index (κ3) is 3.35. The lowest BCUT2D eigenvalue weighted by Crippen LogP contribution is -2.13. The molecule has 1 amide bonds. The van der Waals surface area contributed by atoms with Gasteiger partial charge < -0.3 is 10.1 Å². The van der Waals surface area contributed by atoms with Crippen LogP contribution in [0.5, 0.6) is 5.75 Å². The number of hydrogen-bond donors (Lipinski definition) is 2. The molecule has 0 radical (unpaired) electrons. The summed E-state index contributed by atoms with van der Waals surface area (Å²) in [6.07, 6.45) is 0. The highest BCUT2D eigenvalue weighted by atomic mass is 35.5. The fraction of sp³-hybridized carbons (Fsp3) is 0.0588. The minimum absolute atomic E-state index is 0.319. The molecule has 23 heavy (non-hydrogen) atoms. The van der Waals surface area contributed by atoms with E-state index in [1.54, 1.807) is 24.3 Å². The van der Waals surface area contributed by atoms with E-state index in [9.17, 15) is 4.79 Å². The zero-order valence-electron chi connectivity index (χ0n) is 12.3. The van der Waals surface area contributed by atoms with Crippen molar-refractivity contribution in [2.24, 2.45) is 0 Å². The number of H-pyrrole nitrogens is 1. The van der Waals surface area contributed by atoms with Gasteiger partial charge in [-0.05, 0) is 24.3 Å². The van der Waals surface area contributed by atoms with Crippen molar-refractivity contribution in [2.45, 2.75) is 0 Å². The number of nitrogens with one attached hydrogen (secondary N) is 2. The normalized spacial score (nSPS) is 10.3. The summed E-state index contributed by atoms with van der Waals surface area (Å²) in [5, 5.41) is 10.2. The van der Waals surface area contributed by atoms with Crippen LogP contribution in [0.15, 0.2) is 54.6 Å². The van der Waals surface area contributed by atoms with E-state index in [1.807, 2.05) is 30.3 Å². The fourth-order valence-corrected chi connectivity index (χ4v) is 2.33. The van der Waals surface area contributed by atoms with Crippen molar-refractivity contribution in [1.82, 2.24) is 10.2 Å². The molecule has 0 saturated carbocycles. The van der Waals surface area contributed by atoms with Crippen LogP contribution in [-0.4, -0.2) is 23.2 Å². The van der Waals surface area contributed by atoms with Gasteiger partial charge in [0.05, 0.1) is 18.5 Å². The fourth-order valence-electron chi connectivity index (χ4n) is 2.16. The van der Waals surface area contributed by atoms with Gasteiger partial charge in [-0.2, -0.15) is 5.10 Å². The number of rotatable bonds is 4. The number of hydrogen-bond acceptors (Lipinski definition) is 3. The number of carbonyl (C=O) groups is 1. The molecule has 116 valence electrons. The van der Waals surface area contributed by atoms with Crippen molar-refractivity contribution in [3.05, 3.63) is 65.3 Å². The van der Waals surface area contributed by atoms with Crippen LogP contribution in [0.3, 0.4) is 0 Å². The van der Waals surface area contributed by atoms with Crippen LogP contribution in [0.4, 0.5) is 5.69 Å². The molecule has 0 aliphatic rings. The maximum atomic E-state index is 12.4. The van der Waals surface area contributed by atoms with Gasteiger partial charge in [0.2, 0.25) is 0 Å². The minimum atomic E-state index is -0.319. The lowest BCUT2D eigenvalue weighted by molar-refractivity contribution is 0.102. The summed E-state index contributed by atoms with van der Waals surface area (Å²) in [4.78, 5) is 12.4. The number of nitrogens with zero attached hydrogens (tertiary/aromatic N) is 1. The molecule has 1 aromatic heterocycles. The monoisotopic (exact) mass is 327 g/mol. The Morgan fingerprint density at radius 2 is 1.96 bits per heavy atom. The van der Waals surface area contributed by atoms with E-state index in [1.165, 1.54) is 7.11 Å². The van der Waals surface area contributed by atoms with Gasteiger partial charge in [-0.3, -0.25) is 9.89 Å². The average Bonchev–Trinajstić information content (AvgIpc) is 3.06. The van der Waals surface area contributed by atoms with Crippen LogP contribution in [-0.2, 0) is 0 Å². The molecule has 5 nitrogen and oxygen atoms in total. The van der Waals surface area contributed by atoms with Gasteiger partial charge in [-0.15, -0.1) is 0 Å². The number of ether oxygens (including phenoxy) is 1. The summed E-state index contributed by atoms with van der Waals surface area (Å²) in [5.41, 5.74) is 2.49. The lowest BCUT2D eigenvalue weighted by Gasteiger charge is -2.09. The molecule has 0 atom stereocenters. The molecule has 2 aromatic carbocycles. The van der Waals surface area contributed by atoms with Gasteiger partial charge >= 0.3 is 0 Å². The van der Waals surface area contributed by atoms with E-state index in [-0.39, 0.29) is 5.91 Å². The maximum absolute atomic E-state index is 12.4. The second-order valence-electron chi connectivity index (χ2n) is 4.83. The number of carbonyl (C=O) groups excluding carboxylic acids is 1. The van der Waals surface area contributed by atoms with E-state index in [2.05, 4.69) is 15.5 Å². The summed E-state index contributed by atoms with van der Waals surface area (Å²) < 4.78 is 5.21. The van der Waals surface area contributed by atoms with E-state index in [0.29, 0.717) is 27.8 Å². The Morgan fingerprint density at radius 1 is 1.17 bits per heavy atom. The van der Waals surface area contributed by atoms with Gasteiger partial charge in [-0.25, -0.2) is 0 Å². The molecular weight excluding hydrogens is 314 g/mol. The van der Waals surface area contributed by atoms with Crippen molar-refractivity contribution in [2.75, 3.05) is 12.4 Å². The zero-order valence-corrected chi connectivity index (χ0v) is 13.1. The van der Waals surface area contributed by atoms with Gasteiger partial charge in [0.1, 0.15) is 11.4 Å². The Morgan fingerprint density at radius 3 is 2.70 bits per heavy atom. The van der Waals surface area contributed by atoms with Gasteiger partial charge in [0, 0.05) is 10.6 Å². The Labute approximate surface area is 138 Å². The Kier molecular flexibility index (Phi) is 4.30. The largest absolute Gasteiger partial charge is 0.495 e. The molecule has 1 heterocycles. The van der Waals surface area contributed by atoms with Crippen LogP contribution in [0.25, 0.3) is 11.3 Å². The second kappa shape index (κ2) is 6.54. The predicted octanol–water partition coefficient (Wildman–Crippen LogP) is 3.99. The van der Waals surface area contributed by atoms with Gasteiger partial charge in [-0.1, -0.05) is 41.9 Å². The van der Waals surface area contributed by atoms with Gasteiger partial charge in [0.15, 0.2) is 0 Å². The third-order valence-corrected chi connectivity index (χ3v) is 3.54. The summed E-state index contributed by atoms with van der Waals surface area (Å²) >= 11 is 5.96. The van der Waals surface area contributed by atoms with Crippen molar-refractivity contribution >= 4 is 23.2 Å². The summed E-state index contributed by atoms with van der Waals surface area (Å²) in [7, 11) is 1.53. The Balaban J connectivity index is 1.82. The lowest BCUT2D eigenvalue weighted by atomic mass is 10.1. The topological polar surface area (TPSA) is 67.0 Å².